The summed E-state index contributed by atoms with van der Waals surface area (Å²) in [7, 11) is 0. The number of fused-ring (bicyclic) bond motifs is 1. The van der Waals surface area contributed by atoms with Gasteiger partial charge in [-0.1, -0.05) is 18.2 Å². The number of hydrogen-bond donors (Lipinski definition) is 1. The van der Waals surface area contributed by atoms with E-state index in [4.69, 9.17) is 4.98 Å². The summed E-state index contributed by atoms with van der Waals surface area (Å²) in [5.74, 6) is 0.827. The number of pyridine rings is 2. The van der Waals surface area contributed by atoms with Gasteiger partial charge in [0.05, 0.1) is 29.3 Å². The number of rotatable bonds is 4. The second kappa shape index (κ2) is 8.48. The van der Waals surface area contributed by atoms with Crippen LogP contribution in [-0.2, 0) is 0 Å². The van der Waals surface area contributed by atoms with Gasteiger partial charge in [0.25, 0.3) is 0 Å². The maximum absolute atomic E-state index is 13.9. The van der Waals surface area contributed by atoms with E-state index in [9.17, 15) is 4.39 Å². The Labute approximate surface area is 192 Å². The molecule has 5 heterocycles. The molecule has 0 spiro atoms. The summed E-state index contributed by atoms with van der Waals surface area (Å²) in [4.78, 5) is 14.3. The van der Waals surface area contributed by atoms with Gasteiger partial charge in [0.15, 0.2) is 0 Å². The van der Waals surface area contributed by atoms with E-state index in [0.29, 0.717) is 0 Å². The number of anilines is 2. The van der Waals surface area contributed by atoms with Crippen molar-refractivity contribution < 1.29 is 4.39 Å². The van der Waals surface area contributed by atoms with E-state index >= 15 is 0 Å². The predicted octanol–water partition coefficient (Wildman–Crippen LogP) is 4.29. The standard InChI is InChI=1S/C26H27FN6/c27-20-5-1-4-19(16-20)23-7-3-13-32(23)21-9-10-25-29-17-24(33(25)18-21)22-6-2-8-26(30-22)31-14-11-28-12-15-31/h1-2,4-6,8-10,16-18,23,28H,3,7,11-15H2/t23-/m1/s1. The Morgan fingerprint density at radius 2 is 1.85 bits per heavy atom. The number of benzene rings is 1. The predicted molar refractivity (Wildman–Crippen MR) is 129 cm³/mol. The first-order chi connectivity index (χ1) is 16.3. The van der Waals surface area contributed by atoms with Crippen molar-refractivity contribution in [1.82, 2.24) is 19.7 Å². The fourth-order valence-electron chi connectivity index (χ4n) is 5.10. The van der Waals surface area contributed by atoms with Crippen LogP contribution in [0.5, 0.6) is 0 Å². The van der Waals surface area contributed by atoms with Gasteiger partial charge in [-0.2, -0.15) is 0 Å². The average molecular weight is 443 g/mol. The molecule has 2 saturated heterocycles. The van der Waals surface area contributed by atoms with Crippen molar-refractivity contribution in [3.05, 3.63) is 78.4 Å². The third kappa shape index (κ3) is 3.82. The number of aromatic nitrogens is 3. The lowest BCUT2D eigenvalue weighted by molar-refractivity contribution is 0.585. The molecule has 1 N–H and O–H groups in total. The Kier molecular flexibility index (Phi) is 5.19. The molecule has 2 aliphatic rings. The number of nitrogens with one attached hydrogen (secondary N) is 1. The van der Waals surface area contributed by atoms with Crippen LogP contribution >= 0.6 is 0 Å². The van der Waals surface area contributed by atoms with Crippen LogP contribution in [0.2, 0.25) is 0 Å². The summed E-state index contributed by atoms with van der Waals surface area (Å²) in [5.41, 5.74) is 4.93. The molecular weight excluding hydrogens is 415 g/mol. The van der Waals surface area contributed by atoms with Crippen molar-refractivity contribution in [2.45, 2.75) is 18.9 Å². The van der Waals surface area contributed by atoms with Gasteiger partial charge in [0.1, 0.15) is 17.3 Å². The minimum absolute atomic E-state index is 0.179. The average Bonchev–Trinajstić information content (AvgIpc) is 3.52. The van der Waals surface area contributed by atoms with Crippen molar-refractivity contribution in [3.63, 3.8) is 0 Å². The van der Waals surface area contributed by atoms with E-state index in [0.717, 1.165) is 79.7 Å². The van der Waals surface area contributed by atoms with E-state index in [-0.39, 0.29) is 11.9 Å². The summed E-state index contributed by atoms with van der Waals surface area (Å²) in [5, 5.41) is 3.39. The Hall–Kier alpha value is -3.45. The Morgan fingerprint density at radius 1 is 0.970 bits per heavy atom. The van der Waals surface area contributed by atoms with Gasteiger partial charge in [0, 0.05) is 38.9 Å². The van der Waals surface area contributed by atoms with E-state index < -0.39 is 0 Å². The smallest absolute Gasteiger partial charge is 0.137 e. The molecular formula is C26H27FN6. The summed E-state index contributed by atoms with van der Waals surface area (Å²) < 4.78 is 16.0. The summed E-state index contributed by atoms with van der Waals surface area (Å²) in [6.07, 6.45) is 6.16. The molecule has 1 aromatic carbocycles. The van der Waals surface area contributed by atoms with Crippen molar-refractivity contribution >= 4 is 17.2 Å². The van der Waals surface area contributed by atoms with Crippen LogP contribution in [0.15, 0.2) is 67.0 Å². The van der Waals surface area contributed by atoms with Crippen molar-refractivity contribution in [2.24, 2.45) is 0 Å². The molecule has 168 valence electrons. The molecule has 33 heavy (non-hydrogen) atoms. The Morgan fingerprint density at radius 3 is 2.73 bits per heavy atom. The van der Waals surface area contributed by atoms with E-state index in [2.05, 4.69) is 55.0 Å². The van der Waals surface area contributed by atoms with Crippen molar-refractivity contribution in [3.8, 4) is 11.4 Å². The second-order valence-electron chi connectivity index (χ2n) is 8.78. The fraction of sp³-hybridized carbons (Fsp3) is 0.308. The zero-order valence-corrected chi connectivity index (χ0v) is 18.5. The molecule has 7 heteroatoms. The van der Waals surface area contributed by atoms with Crippen LogP contribution in [0.3, 0.4) is 0 Å². The molecule has 2 aliphatic heterocycles. The zero-order chi connectivity index (χ0) is 22.2. The van der Waals surface area contributed by atoms with Gasteiger partial charge in [-0.05, 0) is 54.8 Å². The highest BCUT2D eigenvalue weighted by atomic mass is 19.1. The molecule has 0 unspecified atom stereocenters. The van der Waals surface area contributed by atoms with E-state index in [1.165, 1.54) is 6.07 Å². The quantitative estimate of drug-likeness (QED) is 0.511. The minimum atomic E-state index is -0.179. The van der Waals surface area contributed by atoms with Crippen LogP contribution < -0.4 is 15.1 Å². The monoisotopic (exact) mass is 442 g/mol. The molecule has 2 fully saturated rings. The van der Waals surface area contributed by atoms with Crippen LogP contribution in [0, 0.1) is 5.82 Å². The van der Waals surface area contributed by atoms with Crippen molar-refractivity contribution in [2.75, 3.05) is 42.5 Å². The molecule has 6 rings (SSSR count). The first kappa shape index (κ1) is 20.2. The lowest BCUT2D eigenvalue weighted by Crippen LogP contribution is -2.43. The molecule has 0 saturated carbocycles. The van der Waals surface area contributed by atoms with Crippen LogP contribution in [0.25, 0.3) is 17.0 Å². The van der Waals surface area contributed by atoms with E-state index in [1.807, 2.05) is 18.3 Å². The number of piperazine rings is 1. The third-order valence-electron chi connectivity index (χ3n) is 6.75. The molecule has 6 nitrogen and oxygen atoms in total. The lowest BCUT2D eigenvalue weighted by atomic mass is 10.0. The summed E-state index contributed by atoms with van der Waals surface area (Å²) in [6.45, 7) is 4.84. The SMILES string of the molecule is Fc1cccc([C@H]2CCCN2c2ccc3ncc(-c4cccc(N5CCNCC5)n4)n3c2)c1. The molecule has 1 atom stereocenters. The van der Waals surface area contributed by atoms with Crippen LogP contribution in [0.1, 0.15) is 24.4 Å². The van der Waals surface area contributed by atoms with Gasteiger partial charge in [-0.25, -0.2) is 14.4 Å². The number of hydrogen-bond acceptors (Lipinski definition) is 5. The van der Waals surface area contributed by atoms with Gasteiger partial charge in [0.2, 0.25) is 0 Å². The second-order valence-corrected chi connectivity index (χ2v) is 8.78. The number of nitrogens with zero attached hydrogens (tertiary/aromatic N) is 5. The van der Waals surface area contributed by atoms with Gasteiger partial charge in [-0.15, -0.1) is 0 Å². The minimum Gasteiger partial charge on any atom is -0.363 e. The third-order valence-corrected chi connectivity index (χ3v) is 6.75. The summed E-state index contributed by atoms with van der Waals surface area (Å²) >= 11 is 0. The van der Waals surface area contributed by atoms with Gasteiger partial charge in [-0.3, -0.25) is 4.40 Å². The van der Waals surface area contributed by atoms with Crippen molar-refractivity contribution in [1.29, 1.82) is 0 Å². The topological polar surface area (TPSA) is 48.7 Å². The fourth-order valence-corrected chi connectivity index (χ4v) is 5.10. The molecule has 4 aromatic rings. The first-order valence-electron chi connectivity index (χ1n) is 11.7. The van der Waals surface area contributed by atoms with Gasteiger partial charge >= 0.3 is 0 Å². The molecule has 3 aromatic heterocycles. The largest absolute Gasteiger partial charge is 0.363 e. The number of imidazole rings is 1. The molecule has 0 aliphatic carbocycles. The van der Waals surface area contributed by atoms with E-state index in [1.54, 1.807) is 12.1 Å². The highest BCUT2D eigenvalue weighted by molar-refractivity contribution is 5.65. The maximum Gasteiger partial charge on any atom is 0.137 e. The maximum atomic E-state index is 13.9. The molecule has 0 amide bonds. The highest BCUT2D eigenvalue weighted by Gasteiger charge is 2.27. The van der Waals surface area contributed by atoms with Gasteiger partial charge < -0.3 is 15.1 Å². The zero-order valence-electron chi connectivity index (χ0n) is 18.5. The molecule has 0 bridgehead atoms. The Bertz CT molecular complexity index is 1280. The lowest BCUT2D eigenvalue weighted by Gasteiger charge is -2.28. The highest BCUT2D eigenvalue weighted by Crippen LogP contribution is 2.37. The normalized spacial score (nSPS) is 18.9. The number of halogens is 1. The van der Waals surface area contributed by atoms with Crippen LogP contribution in [0.4, 0.5) is 15.9 Å². The molecule has 0 radical (unpaired) electrons. The first-order valence-corrected chi connectivity index (χ1v) is 11.7. The summed E-state index contributed by atoms with van der Waals surface area (Å²) in [6, 6.07) is 17.6. The van der Waals surface area contributed by atoms with Crippen LogP contribution in [-0.4, -0.2) is 47.1 Å². The Balaban J connectivity index is 1.36.